The third-order valence-corrected chi connectivity index (χ3v) is 4.83. The zero-order chi connectivity index (χ0) is 20.8. The Balaban J connectivity index is 1.43. The average Bonchev–Trinajstić information content (AvgIpc) is 3.54. The van der Waals surface area contributed by atoms with Gasteiger partial charge in [-0.15, -0.1) is 0 Å². The third-order valence-electron chi connectivity index (χ3n) is 4.83. The maximum Gasteiger partial charge on any atom is 0.323 e. The van der Waals surface area contributed by atoms with Crippen LogP contribution < -0.4 is 21.3 Å². The van der Waals surface area contributed by atoms with E-state index in [1.165, 1.54) is 0 Å². The lowest BCUT2D eigenvalue weighted by Gasteiger charge is -2.10. The number of nitrogens with one attached hydrogen (secondary N) is 4. The van der Waals surface area contributed by atoms with E-state index in [4.69, 9.17) is 0 Å². The number of benzene rings is 2. The molecule has 0 atom stereocenters. The Morgan fingerprint density at radius 1 is 0.828 bits per heavy atom. The summed E-state index contributed by atoms with van der Waals surface area (Å²) in [5.74, 6) is 0.00327. The molecule has 0 bridgehead atoms. The van der Waals surface area contributed by atoms with Crippen LogP contribution >= 0.6 is 0 Å². The van der Waals surface area contributed by atoms with Gasteiger partial charge in [-0.05, 0) is 74.2 Å². The summed E-state index contributed by atoms with van der Waals surface area (Å²) in [5, 5.41) is 11.1. The van der Waals surface area contributed by atoms with Crippen LogP contribution in [0.4, 0.5) is 16.2 Å². The van der Waals surface area contributed by atoms with Crippen LogP contribution in [0.5, 0.6) is 0 Å². The lowest BCUT2D eigenvalue weighted by atomic mass is 10.1. The van der Waals surface area contributed by atoms with Crippen molar-refractivity contribution < 1.29 is 14.4 Å². The van der Waals surface area contributed by atoms with Gasteiger partial charge in [0.1, 0.15) is 0 Å². The van der Waals surface area contributed by atoms with Crippen molar-refractivity contribution in [3.05, 3.63) is 59.2 Å². The van der Waals surface area contributed by atoms with Gasteiger partial charge in [-0.3, -0.25) is 9.59 Å². The molecule has 7 heteroatoms. The Kier molecular flexibility index (Phi) is 6.49. The standard InChI is InChI=1S/C22H26N4O3/c1-14-3-8-19(13-15(14)2)26-22(29)25-18-9-6-17(7-10-18)21(28)24-12-11-23-20(27)16-4-5-16/h3,6-10,13,16H,4-5,11-12H2,1-2H3,(H,23,27)(H,24,28)(H2,25,26,29). The number of rotatable bonds is 7. The highest BCUT2D eigenvalue weighted by Crippen LogP contribution is 2.28. The molecule has 2 aromatic rings. The molecule has 0 aliphatic heterocycles. The Hall–Kier alpha value is -3.35. The SMILES string of the molecule is Cc1ccc(NC(=O)Nc2ccc(C(=O)NCCNC(=O)C3CC3)cc2)cc1C. The minimum atomic E-state index is -0.350. The maximum atomic E-state index is 12.1. The molecule has 0 aromatic heterocycles. The van der Waals surface area contributed by atoms with Crippen molar-refractivity contribution in [2.45, 2.75) is 26.7 Å². The van der Waals surface area contributed by atoms with Crippen LogP contribution in [-0.2, 0) is 4.79 Å². The van der Waals surface area contributed by atoms with E-state index >= 15 is 0 Å². The van der Waals surface area contributed by atoms with E-state index in [0.717, 1.165) is 29.7 Å². The van der Waals surface area contributed by atoms with E-state index < -0.39 is 0 Å². The fourth-order valence-corrected chi connectivity index (χ4v) is 2.77. The molecule has 3 rings (SSSR count). The van der Waals surface area contributed by atoms with E-state index in [1.807, 2.05) is 32.0 Å². The molecule has 0 spiro atoms. The van der Waals surface area contributed by atoms with Crippen molar-refractivity contribution in [2.24, 2.45) is 5.92 Å². The van der Waals surface area contributed by atoms with E-state index in [-0.39, 0.29) is 23.8 Å². The van der Waals surface area contributed by atoms with Gasteiger partial charge in [0.15, 0.2) is 0 Å². The molecule has 29 heavy (non-hydrogen) atoms. The number of hydrogen-bond donors (Lipinski definition) is 4. The van der Waals surface area contributed by atoms with Crippen LogP contribution in [0, 0.1) is 19.8 Å². The first-order chi connectivity index (χ1) is 13.9. The van der Waals surface area contributed by atoms with Crippen molar-refractivity contribution in [3.63, 3.8) is 0 Å². The highest BCUT2D eigenvalue weighted by Gasteiger charge is 2.28. The van der Waals surface area contributed by atoms with Gasteiger partial charge in [0.25, 0.3) is 5.91 Å². The number of carbonyl (C=O) groups is 3. The predicted molar refractivity (Wildman–Crippen MR) is 113 cm³/mol. The molecule has 0 radical (unpaired) electrons. The normalized spacial score (nSPS) is 12.8. The highest BCUT2D eigenvalue weighted by atomic mass is 16.2. The molecule has 7 nitrogen and oxygen atoms in total. The van der Waals surface area contributed by atoms with Gasteiger partial charge >= 0.3 is 6.03 Å². The number of anilines is 2. The quantitative estimate of drug-likeness (QED) is 0.543. The molecule has 0 saturated heterocycles. The summed E-state index contributed by atoms with van der Waals surface area (Å²) in [6, 6.07) is 12.0. The van der Waals surface area contributed by atoms with Gasteiger partial charge in [0.05, 0.1) is 0 Å². The van der Waals surface area contributed by atoms with Crippen LogP contribution in [-0.4, -0.2) is 30.9 Å². The molecule has 1 fully saturated rings. The van der Waals surface area contributed by atoms with Gasteiger partial charge < -0.3 is 21.3 Å². The van der Waals surface area contributed by atoms with Crippen LogP contribution in [0.15, 0.2) is 42.5 Å². The Morgan fingerprint density at radius 2 is 1.45 bits per heavy atom. The van der Waals surface area contributed by atoms with Gasteiger partial charge in [0, 0.05) is 35.9 Å². The molecule has 1 aliphatic rings. The summed E-state index contributed by atoms with van der Waals surface area (Å²) in [5.41, 5.74) is 4.05. The minimum absolute atomic E-state index is 0.0637. The number of aryl methyl sites for hydroxylation is 2. The topological polar surface area (TPSA) is 99.3 Å². The second-order valence-electron chi connectivity index (χ2n) is 7.28. The third kappa shape index (κ3) is 6.07. The number of carbonyl (C=O) groups excluding carboxylic acids is 3. The maximum absolute atomic E-state index is 12.1. The molecule has 0 unspecified atom stereocenters. The summed E-state index contributed by atoms with van der Waals surface area (Å²) in [4.78, 5) is 35.8. The minimum Gasteiger partial charge on any atom is -0.354 e. The molecule has 4 N–H and O–H groups in total. The molecular weight excluding hydrogens is 368 g/mol. The zero-order valence-electron chi connectivity index (χ0n) is 16.7. The van der Waals surface area contributed by atoms with Gasteiger partial charge in [-0.2, -0.15) is 0 Å². The molecule has 2 aromatic carbocycles. The van der Waals surface area contributed by atoms with Gasteiger partial charge in [-0.1, -0.05) is 6.07 Å². The average molecular weight is 394 g/mol. The first kappa shape index (κ1) is 20.4. The van der Waals surface area contributed by atoms with Crippen LogP contribution in [0.3, 0.4) is 0 Å². The number of amides is 4. The monoisotopic (exact) mass is 394 g/mol. The first-order valence-electron chi connectivity index (χ1n) is 9.73. The van der Waals surface area contributed by atoms with Crippen LogP contribution in [0.2, 0.25) is 0 Å². The molecular formula is C22H26N4O3. The highest BCUT2D eigenvalue weighted by molar-refractivity contribution is 6.00. The number of urea groups is 1. The van der Waals surface area contributed by atoms with E-state index in [1.54, 1.807) is 24.3 Å². The fourth-order valence-electron chi connectivity index (χ4n) is 2.77. The van der Waals surface area contributed by atoms with Crippen molar-refractivity contribution in [2.75, 3.05) is 23.7 Å². The fraction of sp³-hybridized carbons (Fsp3) is 0.318. The zero-order valence-corrected chi connectivity index (χ0v) is 16.7. The summed E-state index contributed by atoms with van der Waals surface area (Å²) in [7, 11) is 0. The van der Waals surface area contributed by atoms with Gasteiger partial charge in [-0.25, -0.2) is 4.79 Å². The van der Waals surface area contributed by atoms with Crippen molar-refractivity contribution in [1.29, 1.82) is 0 Å². The molecule has 1 saturated carbocycles. The largest absolute Gasteiger partial charge is 0.354 e. The molecule has 4 amide bonds. The Bertz CT molecular complexity index is 905. The summed E-state index contributed by atoms with van der Waals surface area (Å²) in [6.45, 7) is 4.79. The van der Waals surface area contributed by atoms with Crippen LogP contribution in [0.1, 0.15) is 34.3 Å². The molecule has 1 aliphatic carbocycles. The Labute approximate surface area is 170 Å². The van der Waals surface area contributed by atoms with Crippen molar-refractivity contribution in [1.82, 2.24) is 10.6 Å². The summed E-state index contributed by atoms with van der Waals surface area (Å²) < 4.78 is 0. The van der Waals surface area contributed by atoms with Gasteiger partial charge in [0.2, 0.25) is 5.91 Å². The van der Waals surface area contributed by atoms with Crippen molar-refractivity contribution in [3.8, 4) is 0 Å². The van der Waals surface area contributed by atoms with Crippen LogP contribution in [0.25, 0.3) is 0 Å². The smallest absolute Gasteiger partial charge is 0.323 e. The second-order valence-corrected chi connectivity index (χ2v) is 7.28. The lowest BCUT2D eigenvalue weighted by molar-refractivity contribution is -0.122. The van der Waals surface area contributed by atoms with E-state index in [0.29, 0.717) is 24.3 Å². The lowest BCUT2D eigenvalue weighted by Crippen LogP contribution is -2.35. The summed E-state index contributed by atoms with van der Waals surface area (Å²) >= 11 is 0. The Morgan fingerprint density at radius 3 is 2.10 bits per heavy atom. The molecule has 0 heterocycles. The molecule has 152 valence electrons. The number of hydrogen-bond acceptors (Lipinski definition) is 3. The van der Waals surface area contributed by atoms with E-state index in [9.17, 15) is 14.4 Å². The van der Waals surface area contributed by atoms with Crippen molar-refractivity contribution >= 4 is 29.2 Å². The predicted octanol–water partition coefficient (Wildman–Crippen LogP) is 3.20. The van der Waals surface area contributed by atoms with E-state index in [2.05, 4.69) is 21.3 Å². The second kappa shape index (κ2) is 9.23. The first-order valence-corrected chi connectivity index (χ1v) is 9.73. The summed E-state index contributed by atoms with van der Waals surface area (Å²) in [6.07, 6.45) is 1.92.